The summed E-state index contributed by atoms with van der Waals surface area (Å²) < 4.78 is 5.31. The van der Waals surface area contributed by atoms with Gasteiger partial charge in [-0.25, -0.2) is 0 Å². The predicted molar refractivity (Wildman–Crippen MR) is 72.0 cm³/mol. The highest BCUT2D eigenvalue weighted by Crippen LogP contribution is 2.22. The minimum absolute atomic E-state index is 0.110. The Labute approximate surface area is 116 Å². The van der Waals surface area contributed by atoms with Gasteiger partial charge < -0.3 is 20.2 Å². The molecule has 6 nitrogen and oxygen atoms in total. The monoisotopic (exact) mass is 285 g/mol. The lowest BCUT2D eigenvalue weighted by atomic mass is 10.1. The van der Waals surface area contributed by atoms with Gasteiger partial charge in [0.2, 0.25) is 0 Å². The minimum Gasteiger partial charge on any atom is -0.394 e. The van der Waals surface area contributed by atoms with E-state index in [2.05, 4.69) is 5.43 Å². The van der Waals surface area contributed by atoms with E-state index in [1.807, 2.05) is 0 Å². The van der Waals surface area contributed by atoms with Crippen molar-refractivity contribution >= 4 is 23.2 Å². The number of amides is 1. The number of aliphatic hydroxyl groups is 1. The van der Waals surface area contributed by atoms with Crippen molar-refractivity contribution in [2.75, 3.05) is 31.7 Å². The molecule has 0 spiro atoms. The van der Waals surface area contributed by atoms with Gasteiger partial charge in [-0.05, 0) is 18.2 Å². The van der Waals surface area contributed by atoms with Crippen molar-refractivity contribution in [2.24, 2.45) is 5.84 Å². The van der Waals surface area contributed by atoms with E-state index in [-0.39, 0.29) is 18.6 Å². The Morgan fingerprint density at radius 3 is 3.11 bits per heavy atom. The number of carbonyl (C=O) groups excluding carboxylic acids is 1. The van der Waals surface area contributed by atoms with Gasteiger partial charge in [0.1, 0.15) is 0 Å². The Morgan fingerprint density at radius 2 is 2.42 bits per heavy atom. The molecule has 104 valence electrons. The molecule has 0 aromatic heterocycles. The van der Waals surface area contributed by atoms with Crippen LogP contribution in [0.3, 0.4) is 0 Å². The van der Waals surface area contributed by atoms with E-state index < -0.39 is 0 Å². The molecular weight excluding hydrogens is 270 g/mol. The number of nitrogens with one attached hydrogen (secondary N) is 1. The molecule has 1 saturated heterocycles. The molecule has 1 amide bonds. The lowest BCUT2D eigenvalue weighted by molar-refractivity contribution is -0.0447. The molecule has 1 atom stereocenters. The summed E-state index contributed by atoms with van der Waals surface area (Å²) >= 11 is 5.91. The van der Waals surface area contributed by atoms with Gasteiger partial charge in [0.25, 0.3) is 5.91 Å². The van der Waals surface area contributed by atoms with E-state index in [1.165, 1.54) is 0 Å². The average molecular weight is 286 g/mol. The van der Waals surface area contributed by atoms with Gasteiger partial charge >= 0.3 is 0 Å². The molecule has 1 fully saturated rings. The Balaban J connectivity index is 2.21. The third-order valence-electron chi connectivity index (χ3n) is 3.00. The molecule has 2 rings (SSSR count). The molecule has 1 aromatic rings. The van der Waals surface area contributed by atoms with Crippen molar-refractivity contribution in [1.29, 1.82) is 0 Å². The number of hydrazine groups is 1. The van der Waals surface area contributed by atoms with Crippen LogP contribution in [0.2, 0.25) is 5.02 Å². The first-order chi connectivity index (χ1) is 9.15. The maximum atomic E-state index is 12.4. The first kappa shape index (κ1) is 14.1. The largest absolute Gasteiger partial charge is 0.394 e. The molecule has 0 aliphatic carbocycles. The Hall–Kier alpha value is -1.34. The molecular formula is C12H16ClN3O3. The zero-order chi connectivity index (χ0) is 13.8. The fourth-order valence-corrected chi connectivity index (χ4v) is 2.18. The molecule has 1 aliphatic rings. The molecule has 4 N–H and O–H groups in total. The van der Waals surface area contributed by atoms with Crippen molar-refractivity contribution in [1.82, 2.24) is 4.90 Å². The van der Waals surface area contributed by atoms with Crippen LogP contribution in [0.25, 0.3) is 0 Å². The number of hydrogen-bond donors (Lipinski definition) is 3. The Morgan fingerprint density at radius 1 is 1.63 bits per heavy atom. The number of rotatable bonds is 3. The molecule has 1 unspecified atom stereocenters. The summed E-state index contributed by atoms with van der Waals surface area (Å²) in [5.41, 5.74) is 3.41. The van der Waals surface area contributed by atoms with Gasteiger partial charge in [-0.1, -0.05) is 11.6 Å². The van der Waals surface area contributed by atoms with Gasteiger partial charge in [0.15, 0.2) is 0 Å². The van der Waals surface area contributed by atoms with E-state index in [0.717, 1.165) is 0 Å². The first-order valence-electron chi connectivity index (χ1n) is 5.93. The molecule has 0 saturated carbocycles. The summed E-state index contributed by atoms with van der Waals surface area (Å²) in [6, 6.07) is 4.88. The molecule has 0 bridgehead atoms. The summed E-state index contributed by atoms with van der Waals surface area (Å²) in [6.45, 7) is 1.13. The van der Waals surface area contributed by atoms with Crippen molar-refractivity contribution in [3.63, 3.8) is 0 Å². The van der Waals surface area contributed by atoms with Gasteiger partial charge in [0, 0.05) is 18.1 Å². The van der Waals surface area contributed by atoms with E-state index in [4.69, 9.17) is 27.3 Å². The van der Waals surface area contributed by atoms with Crippen LogP contribution in [0.5, 0.6) is 0 Å². The van der Waals surface area contributed by atoms with Crippen LogP contribution in [-0.4, -0.2) is 48.3 Å². The van der Waals surface area contributed by atoms with E-state index in [0.29, 0.717) is 36.0 Å². The zero-order valence-corrected chi connectivity index (χ0v) is 11.1. The molecule has 0 radical (unpaired) electrons. The van der Waals surface area contributed by atoms with E-state index in [9.17, 15) is 4.79 Å². The van der Waals surface area contributed by atoms with Crippen LogP contribution in [-0.2, 0) is 4.74 Å². The lowest BCUT2D eigenvalue weighted by Crippen LogP contribution is -2.47. The molecule has 7 heteroatoms. The fourth-order valence-electron chi connectivity index (χ4n) is 2.00. The third-order valence-corrected chi connectivity index (χ3v) is 3.23. The molecule has 1 aliphatic heterocycles. The number of nitrogens with zero attached hydrogens (tertiary/aromatic N) is 1. The fraction of sp³-hybridized carbons (Fsp3) is 0.417. The Bertz CT molecular complexity index is 470. The van der Waals surface area contributed by atoms with E-state index >= 15 is 0 Å². The second-order valence-corrected chi connectivity index (χ2v) is 4.70. The number of halogens is 1. The van der Waals surface area contributed by atoms with E-state index in [1.54, 1.807) is 23.1 Å². The van der Waals surface area contributed by atoms with Crippen LogP contribution < -0.4 is 11.3 Å². The summed E-state index contributed by atoms with van der Waals surface area (Å²) in [4.78, 5) is 14.0. The highest BCUT2D eigenvalue weighted by molar-refractivity contribution is 6.31. The van der Waals surface area contributed by atoms with Gasteiger partial charge in [-0.15, -0.1) is 0 Å². The van der Waals surface area contributed by atoms with Crippen molar-refractivity contribution < 1.29 is 14.6 Å². The summed E-state index contributed by atoms with van der Waals surface area (Å²) in [5.74, 6) is 5.21. The summed E-state index contributed by atoms with van der Waals surface area (Å²) in [5, 5.41) is 9.56. The number of ether oxygens (including phenoxy) is 1. The normalized spacial score (nSPS) is 19.3. The molecule has 19 heavy (non-hydrogen) atoms. The van der Waals surface area contributed by atoms with Crippen LogP contribution in [0, 0.1) is 0 Å². The topological polar surface area (TPSA) is 87.8 Å². The number of carbonyl (C=O) groups is 1. The van der Waals surface area contributed by atoms with Crippen LogP contribution >= 0.6 is 11.6 Å². The van der Waals surface area contributed by atoms with Gasteiger partial charge in [0.05, 0.1) is 30.6 Å². The number of aliphatic hydroxyl groups excluding tert-OH is 1. The van der Waals surface area contributed by atoms with Gasteiger partial charge in [-0.2, -0.15) is 0 Å². The zero-order valence-electron chi connectivity index (χ0n) is 10.3. The first-order valence-corrected chi connectivity index (χ1v) is 6.31. The number of morpholine rings is 1. The Kier molecular flexibility index (Phi) is 4.60. The number of benzene rings is 1. The smallest absolute Gasteiger partial charge is 0.256 e. The highest BCUT2D eigenvalue weighted by Gasteiger charge is 2.26. The van der Waals surface area contributed by atoms with Crippen LogP contribution in [0.1, 0.15) is 10.4 Å². The number of nitrogens with two attached hydrogens (primary N) is 1. The molecule has 1 heterocycles. The maximum Gasteiger partial charge on any atom is 0.256 e. The van der Waals surface area contributed by atoms with Crippen molar-refractivity contribution in [3.05, 3.63) is 28.8 Å². The lowest BCUT2D eigenvalue weighted by Gasteiger charge is -2.32. The minimum atomic E-state index is -0.342. The quantitative estimate of drug-likeness (QED) is 0.555. The van der Waals surface area contributed by atoms with Crippen molar-refractivity contribution in [2.45, 2.75) is 6.10 Å². The average Bonchev–Trinajstić information content (AvgIpc) is 2.46. The third kappa shape index (κ3) is 3.16. The van der Waals surface area contributed by atoms with Crippen LogP contribution in [0.4, 0.5) is 5.69 Å². The number of hydrogen-bond acceptors (Lipinski definition) is 5. The molecule has 1 aromatic carbocycles. The second kappa shape index (κ2) is 6.21. The summed E-state index contributed by atoms with van der Waals surface area (Å²) in [6.07, 6.45) is -0.342. The number of anilines is 1. The summed E-state index contributed by atoms with van der Waals surface area (Å²) in [7, 11) is 0. The number of nitrogen functional groups attached to an aromatic ring is 1. The van der Waals surface area contributed by atoms with Crippen LogP contribution in [0.15, 0.2) is 18.2 Å². The predicted octanol–water partition coefficient (Wildman–Crippen LogP) is 0.459. The second-order valence-electron chi connectivity index (χ2n) is 4.26. The van der Waals surface area contributed by atoms with Crippen molar-refractivity contribution in [3.8, 4) is 0 Å². The maximum absolute atomic E-state index is 12.4. The SMILES string of the molecule is NNc1ccc(Cl)cc1C(=O)N1CCOC(CO)C1. The standard InChI is InChI=1S/C12H16ClN3O3/c13-8-1-2-11(15-14)10(5-8)12(18)16-3-4-19-9(6-16)7-17/h1-2,5,9,15,17H,3-4,6-7,14H2. The van der Waals surface area contributed by atoms with Gasteiger partial charge in [-0.3, -0.25) is 10.6 Å². The highest BCUT2D eigenvalue weighted by atomic mass is 35.5.